The van der Waals surface area contributed by atoms with Crippen LogP contribution in [0.15, 0.2) is 42.5 Å². The van der Waals surface area contributed by atoms with Gasteiger partial charge in [-0.3, -0.25) is 24.5 Å². The molecule has 9 heteroatoms. The third-order valence-corrected chi connectivity index (χ3v) is 5.83. The lowest BCUT2D eigenvalue weighted by Gasteiger charge is -2.29. The molecule has 30 heavy (non-hydrogen) atoms. The molecule has 0 spiro atoms. The van der Waals surface area contributed by atoms with E-state index in [2.05, 4.69) is 38.5 Å². The Balaban J connectivity index is 1.38. The molecule has 0 aliphatic carbocycles. The number of amides is 4. The first kappa shape index (κ1) is 20.3. The predicted octanol–water partition coefficient (Wildman–Crippen LogP) is 2.10. The first-order valence-electron chi connectivity index (χ1n) is 9.47. The first-order valence-corrected chi connectivity index (χ1v) is 10.6. The minimum absolute atomic E-state index is 0.0514. The number of nitrogens with zero attached hydrogens (tertiary/aromatic N) is 1. The Labute approximate surface area is 186 Å². The van der Waals surface area contributed by atoms with Crippen LogP contribution in [-0.4, -0.2) is 41.1 Å². The molecule has 4 amide bonds. The molecule has 2 aromatic carbocycles. The highest BCUT2D eigenvalue weighted by Gasteiger charge is 2.39. The molecule has 2 aliphatic heterocycles. The molecule has 1 saturated heterocycles. The lowest BCUT2D eigenvalue weighted by molar-refractivity contribution is -0.137. The van der Waals surface area contributed by atoms with Gasteiger partial charge in [0.15, 0.2) is 0 Å². The van der Waals surface area contributed by atoms with E-state index in [1.807, 2.05) is 30.3 Å². The lowest BCUT2D eigenvalue weighted by atomic mass is 10.0. The van der Waals surface area contributed by atoms with Gasteiger partial charge in [0.25, 0.3) is 5.91 Å². The van der Waals surface area contributed by atoms with Crippen molar-refractivity contribution in [2.45, 2.75) is 25.4 Å². The second-order valence-corrected chi connectivity index (χ2v) is 8.43. The molecule has 3 N–H and O–H groups in total. The van der Waals surface area contributed by atoms with Gasteiger partial charge in [0.2, 0.25) is 17.7 Å². The van der Waals surface area contributed by atoms with Crippen molar-refractivity contribution < 1.29 is 19.2 Å². The summed E-state index contributed by atoms with van der Waals surface area (Å²) in [6, 6.07) is 12.2. The van der Waals surface area contributed by atoms with E-state index in [-0.39, 0.29) is 30.7 Å². The largest absolute Gasteiger partial charge is 0.376 e. The summed E-state index contributed by atoms with van der Waals surface area (Å²) < 4.78 is 1.08. The Bertz CT molecular complexity index is 1040. The van der Waals surface area contributed by atoms with Gasteiger partial charge >= 0.3 is 0 Å². The number of rotatable bonds is 5. The van der Waals surface area contributed by atoms with Crippen LogP contribution >= 0.6 is 22.6 Å². The number of nitrogens with one attached hydrogen (secondary N) is 3. The minimum atomic E-state index is -0.640. The zero-order chi connectivity index (χ0) is 21.3. The summed E-state index contributed by atoms with van der Waals surface area (Å²) in [4.78, 5) is 50.0. The van der Waals surface area contributed by atoms with Gasteiger partial charge < -0.3 is 15.5 Å². The van der Waals surface area contributed by atoms with E-state index in [4.69, 9.17) is 0 Å². The van der Waals surface area contributed by atoms with Crippen LogP contribution in [0, 0.1) is 3.57 Å². The highest BCUT2D eigenvalue weighted by atomic mass is 127. The van der Waals surface area contributed by atoms with Crippen molar-refractivity contribution >= 4 is 57.6 Å². The monoisotopic (exact) mass is 518 g/mol. The second kappa shape index (κ2) is 8.42. The molecule has 0 radical (unpaired) electrons. The number of piperidine rings is 1. The zero-order valence-electron chi connectivity index (χ0n) is 15.9. The van der Waals surface area contributed by atoms with Gasteiger partial charge in [-0.15, -0.1) is 0 Å². The van der Waals surface area contributed by atoms with Crippen molar-refractivity contribution in [3.8, 4) is 0 Å². The average Bonchev–Trinajstić information content (AvgIpc) is 3.04. The second-order valence-electron chi connectivity index (χ2n) is 7.18. The van der Waals surface area contributed by atoms with Gasteiger partial charge in [0.05, 0.1) is 6.54 Å². The van der Waals surface area contributed by atoms with Crippen molar-refractivity contribution in [2.75, 3.05) is 17.2 Å². The molecular weight excluding hydrogens is 499 g/mol. The number of anilines is 2. The first-order chi connectivity index (χ1) is 14.4. The summed E-state index contributed by atoms with van der Waals surface area (Å²) in [6.45, 7) is 0.379. The zero-order valence-corrected chi connectivity index (χ0v) is 18.1. The van der Waals surface area contributed by atoms with Crippen LogP contribution in [0.4, 0.5) is 11.4 Å². The van der Waals surface area contributed by atoms with E-state index in [1.165, 1.54) is 4.90 Å². The summed E-state index contributed by atoms with van der Waals surface area (Å²) in [5, 5.41) is 8.13. The molecule has 2 aromatic rings. The standard InChI is InChI=1S/C21H19IN4O4/c22-13-2-5-14(6-3-13)24-19(28)10-23-15-4-1-12-11-26(21(30)16(12)9-15)17-7-8-18(27)25-20(17)29/h1-6,9,17,23H,7-8,10-11H2,(H,24,28)(H,25,27,29). The molecule has 1 fully saturated rings. The van der Waals surface area contributed by atoms with E-state index in [0.29, 0.717) is 29.9 Å². The van der Waals surface area contributed by atoms with Gasteiger partial charge in [-0.05, 0) is 71.0 Å². The summed E-state index contributed by atoms with van der Waals surface area (Å²) in [7, 11) is 0. The Hall–Kier alpha value is -2.95. The smallest absolute Gasteiger partial charge is 0.255 e. The molecule has 2 aliphatic rings. The van der Waals surface area contributed by atoms with Crippen molar-refractivity contribution in [2.24, 2.45) is 0 Å². The Morgan fingerprint density at radius 2 is 1.83 bits per heavy atom. The van der Waals surface area contributed by atoms with Crippen LogP contribution in [0.1, 0.15) is 28.8 Å². The SMILES string of the molecule is O=C1CCC(N2Cc3ccc(NCC(=O)Nc4ccc(I)cc4)cc3C2=O)C(=O)N1. The minimum Gasteiger partial charge on any atom is -0.376 e. The predicted molar refractivity (Wildman–Crippen MR) is 119 cm³/mol. The van der Waals surface area contributed by atoms with E-state index >= 15 is 0 Å². The molecule has 2 heterocycles. The summed E-state index contributed by atoms with van der Waals surface area (Å²) >= 11 is 2.19. The van der Waals surface area contributed by atoms with Crippen molar-refractivity contribution in [3.05, 3.63) is 57.2 Å². The normalized spacial score (nSPS) is 18.1. The number of benzene rings is 2. The number of hydrogen-bond donors (Lipinski definition) is 3. The van der Waals surface area contributed by atoms with Gasteiger partial charge in [0.1, 0.15) is 6.04 Å². The Morgan fingerprint density at radius 3 is 2.57 bits per heavy atom. The average molecular weight is 518 g/mol. The Morgan fingerprint density at radius 1 is 1.10 bits per heavy atom. The third-order valence-electron chi connectivity index (χ3n) is 5.11. The van der Waals surface area contributed by atoms with E-state index in [9.17, 15) is 19.2 Å². The maximum atomic E-state index is 12.8. The van der Waals surface area contributed by atoms with Crippen LogP contribution < -0.4 is 16.0 Å². The van der Waals surface area contributed by atoms with Crippen LogP contribution in [0.3, 0.4) is 0 Å². The fourth-order valence-electron chi connectivity index (χ4n) is 3.59. The molecule has 4 rings (SSSR count). The van der Waals surface area contributed by atoms with Crippen molar-refractivity contribution in [3.63, 3.8) is 0 Å². The van der Waals surface area contributed by atoms with Gasteiger partial charge in [-0.2, -0.15) is 0 Å². The van der Waals surface area contributed by atoms with Crippen LogP contribution in [0.2, 0.25) is 0 Å². The quantitative estimate of drug-likeness (QED) is 0.415. The molecule has 0 bridgehead atoms. The van der Waals surface area contributed by atoms with Gasteiger partial charge in [0, 0.05) is 33.5 Å². The number of carbonyl (C=O) groups excluding carboxylic acids is 4. The third kappa shape index (κ3) is 4.30. The summed E-state index contributed by atoms with van der Waals surface area (Å²) in [6.07, 6.45) is 0.549. The number of imide groups is 1. The summed E-state index contributed by atoms with van der Waals surface area (Å²) in [5.41, 5.74) is 2.68. The maximum Gasteiger partial charge on any atom is 0.255 e. The molecule has 1 unspecified atom stereocenters. The van der Waals surface area contributed by atoms with Gasteiger partial charge in [-0.25, -0.2) is 0 Å². The molecule has 8 nitrogen and oxygen atoms in total. The van der Waals surface area contributed by atoms with Crippen molar-refractivity contribution in [1.82, 2.24) is 10.2 Å². The van der Waals surface area contributed by atoms with Gasteiger partial charge in [-0.1, -0.05) is 6.07 Å². The molecule has 154 valence electrons. The molecular formula is C21H19IN4O4. The topological polar surface area (TPSA) is 108 Å². The fraction of sp³-hybridized carbons (Fsp3) is 0.238. The van der Waals surface area contributed by atoms with Crippen molar-refractivity contribution in [1.29, 1.82) is 0 Å². The summed E-state index contributed by atoms with van der Waals surface area (Å²) in [5.74, 6) is -1.19. The molecule has 0 saturated carbocycles. The lowest BCUT2D eigenvalue weighted by Crippen LogP contribution is -2.52. The molecule has 1 atom stereocenters. The fourth-order valence-corrected chi connectivity index (χ4v) is 3.94. The number of fused-ring (bicyclic) bond motifs is 1. The van der Waals surface area contributed by atoms with E-state index in [1.54, 1.807) is 12.1 Å². The van der Waals surface area contributed by atoms with E-state index in [0.717, 1.165) is 9.13 Å². The van der Waals surface area contributed by atoms with Crippen LogP contribution in [0.5, 0.6) is 0 Å². The van der Waals surface area contributed by atoms with Crippen LogP contribution in [-0.2, 0) is 20.9 Å². The number of halogens is 1. The van der Waals surface area contributed by atoms with Crippen LogP contribution in [0.25, 0.3) is 0 Å². The number of hydrogen-bond acceptors (Lipinski definition) is 5. The molecule has 0 aromatic heterocycles. The highest BCUT2D eigenvalue weighted by Crippen LogP contribution is 2.29. The maximum absolute atomic E-state index is 12.8. The van der Waals surface area contributed by atoms with E-state index < -0.39 is 11.9 Å². The Kier molecular flexibility index (Phi) is 5.71. The number of carbonyl (C=O) groups is 4. The highest BCUT2D eigenvalue weighted by molar-refractivity contribution is 14.1.